The first-order valence-corrected chi connectivity index (χ1v) is 6.48. The molecule has 1 aromatic rings. The summed E-state index contributed by atoms with van der Waals surface area (Å²) in [7, 11) is 0. The van der Waals surface area contributed by atoms with Crippen molar-refractivity contribution < 1.29 is 15.0 Å². The minimum absolute atomic E-state index is 0.124. The van der Waals surface area contributed by atoms with Crippen LogP contribution in [0.1, 0.15) is 29.8 Å². The molecule has 1 aromatic carbocycles. The molecule has 1 rings (SSSR count). The molecule has 0 amide bonds. The average Bonchev–Trinajstić information content (AvgIpc) is 2.31. The molecule has 3 N–H and O–H groups in total. The van der Waals surface area contributed by atoms with Gasteiger partial charge in [0.15, 0.2) is 0 Å². The predicted octanol–water partition coefficient (Wildman–Crippen LogP) is 2.26. The largest absolute Gasteiger partial charge is 0.478 e. The molecule has 0 atom stereocenters. The fourth-order valence-electron chi connectivity index (χ4n) is 1.42. The first-order chi connectivity index (χ1) is 8.35. The summed E-state index contributed by atoms with van der Waals surface area (Å²) in [5.74, 6) is -0.934. The summed E-state index contributed by atoms with van der Waals surface area (Å²) in [4.78, 5) is 10.8. The van der Waals surface area contributed by atoms with Crippen LogP contribution in [0.4, 0.5) is 0 Å². The van der Waals surface area contributed by atoms with Crippen molar-refractivity contribution in [3.05, 3.63) is 33.8 Å². The number of hydrogen-bond acceptors (Lipinski definition) is 3. The number of aromatic carboxylic acids is 1. The SMILES string of the molecule is CC(C)(CO)CNCc1ccc(C(=O)O)cc1Br. The van der Waals surface area contributed by atoms with Crippen molar-refractivity contribution in [1.29, 1.82) is 0 Å². The molecule has 100 valence electrons. The molecule has 0 spiro atoms. The summed E-state index contributed by atoms with van der Waals surface area (Å²) in [6.45, 7) is 5.39. The van der Waals surface area contributed by atoms with E-state index in [0.29, 0.717) is 13.1 Å². The van der Waals surface area contributed by atoms with E-state index in [2.05, 4.69) is 21.2 Å². The number of carboxylic acids is 1. The molecule has 0 aliphatic rings. The Hall–Kier alpha value is -0.910. The van der Waals surface area contributed by atoms with Crippen LogP contribution in [0.15, 0.2) is 22.7 Å². The third kappa shape index (κ3) is 4.40. The van der Waals surface area contributed by atoms with Gasteiger partial charge in [0.1, 0.15) is 0 Å². The zero-order chi connectivity index (χ0) is 13.8. The zero-order valence-electron chi connectivity index (χ0n) is 10.5. The Morgan fingerprint density at radius 1 is 1.44 bits per heavy atom. The average molecular weight is 316 g/mol. The van der Waals surface area contributed by atoms with Gasteiger partial charge in [-0.3, -0.25) is 0 Å². The summed E-state index contributed by atoms with van der Waals surface area (Å²) in [6, 6.07) is 4.96. The lowest BCUT2D eigenvalue weighted by molar-refractivity contribution is 0.0697. The summed E-state index contributed by atoms with van der Waals surface area (Å²) in [6.07, 6.45) is 0. The van der Waals surface area contributed by atoms with Gasteiger partial charge in [-0.1, -0.05) is 35.8 Å². The van der Waals surface area contributed by atoms with E-state index < -0.39 is 5.97 Å². The number of benzene rings is 1. The molecule has 0 saturated heterocycles. The number of aliphatic hydroxyl groups excluding tert-OH is 1. The van der Waals surface area contributed by atoms with E-state index in [-0.39, 0.29) is 17.6 Å². The highest BCUT2D eigenvalue weighted by Crippen LogP contribution is 2.19. The van der Waals surface area contributed by atoms with Crippen molar-refractivity contribution in [3.8, 4) is 0 Å². The minimum atomic E-state index is -0.934. The van der Waals surface area contributed by atoms with Crippen molar-refractivity contribution in [2.75, 3.05) is 13.2 Å². The van der Waals surface area contributed by atoms with Crippen molar-refractivity contribution in [1.82, 2.24) is 5.32 Å². The molecule has 0 aliphatic carbocycles. The molecule has 0 aliphatic heterocycles. The maximum absolute atomic E-state index is 10.8. The van der Waals surface area contributed by atoms with E-state index in [1.807, 2.05) is 13.8 Å². The first kappa shape index (κ1) is 15.1. The van der Waals surface area contributed by atoms with E-state index in [4.69, 9.17) is 10.2 Å². The van der Waals surface area contributed by atoms with Crippen molar-refractivity contribution in [2.24, 2.45) is 5.41 Å². The van der Waals surface area contributed by atoms with Crippen molar-refractivity contribution in [2.45, 2.75) is 20.4 Å². The van der Waals surface area contributed by atoms with Crippen molar-refractivity contribution in [3.63, 3.8) is 0 Å². The smallest absolute Gasteiger partial charge is 0.335 e. The topological polar surface area (TPSA) is 69.6 Å². The van der Waals surface area contributed by atoms with Gasteiger partial charge >= 0.3 is 5.97 Å². The number of carboxylic acid groups (broad SMARTS) is 1. The van der Waals surface area contributed by atoms with E-state index in [1.54, 1.807) is 18.2 Å². The monoisotopic (exact) mass is 315 g/mol. The van der Waals surface area contributed by atoms with E-state index >= 15 is 0 Å². The van der Waals surface area contributed by atoms with Gasteiger partial charge in [0.05, 0.1) is 5.56 Å². The highest BCUT2D eigenvalue weighted by molar-refractivity contribution is 9.10. The Morgan fingerprint density at radius 2 is 2.11 bits per heavy atom. The van der Waals surface area contributed by atoms with Crippen LogP contribution in [-0.2, 0) is 6.54 Å². The first-order valence-electron chi connectivity index (χ1n) is 5.69. The molecule has 4 nitrogen and oxygen atoms in total. The number of carbonyl (C=O) groups is 1. The van der Waals surface area contributed by atoms with E-state index in [0.717, 1.165) is 10.0 Å². The van der Waals surface area contributed by atoms with Crippen LogP contribution in [0.2, 0.25) is 0 Å². The molecule has 5 heteroatoms. The van der Waals surface area contributed by atoms with Crippen LogP contribution in [0.5, 0.6) is 0 Å². The third-order valence-corrected chi connectivity index (χ3v) is 3.39. The fraction of sp³-hybridized carbons (Fsp3) is 0.462. The maximum atomic E-state index is 10.8. The molecular formula is C13H18BrNO3. The fourth-order valence-corrected chi connectivity index (χ4v) is 1.93. The quantitative estimate of drug-likeness (QED) is 0.753. The lowest BCUT2D eigenvalue weighted by Crippen LogP contribution is -2.31. The Labute approximate surface area is 115 Å². The van der Waals surface area contributed by atoms with Gasteiger partial charge in [-0.15, -0.1) is 0 Å². The maximum Gasteiger partial charge on any atom is 0.335 e. The summed E-state index contributed by atoms with van der Waals surface area (Å²) in [5.41, 5.74) is 1.10. The summed E-state index contributed by atoms with van der Waals surface area (Å²) >= 11 is 3.36. The van der Waals surface area contributed by atoms with Crippen LogP contribution < -0.4 is 5.32 Å². The van der Waals surface area contributed by atoms with Crippen LogP contribution in [0, 0.1) is 5.41 Å². The molecule has 0 saturated carbocycles. The molecule has 0 radical (unpaired) electrons. The molecule has 0 bridgehead atoms. The molecule has 0 unspecified atom stereocenters. The highest BCUT2D eigenvalue weighted by atomic mass is 79.9. The van der Waals surface area contributed by atoms with Gasteiger partial charge < -0.3 is 15.5 Å². The van der Waals surface area contributed by atoms with Crippen LogP contribution in [0.3, 0.4) is 0 Å². The van der Waals surface area contributed by atoms with Gasteiger partial charge in [0.2, 0.25) is 0 Å². The number of nitrogens with one attached hydrogen (secondary N) is 1. The lowest BCUT2D eigenvalue weighted by Gasteiger charge is -2.22. The van der Waals surface area contributed by atoms with Crippen molar-refractivity contribution >= 4 is 21.9 Å². The molecule has 0 fully saturated rings. The van der Waals surface area contributed by atoms with Gasteiger partial charge in [0.25, 0.3) is 0 Å². The Balaban J connectivity index is 2.61. The number of rotatable bonds is 6. The van der Waals surface area contributed by atoms with Gasteiger partial charge in [-0.25, -0.2) is 4.79 Å². The molecular weight excluding hydrogens is 298 g/mol. The standard InChI is InChI=1S/C13H18BrNO3/c1-13(2,8-16)7-15-6-10-4-3-9(12(17)18)5-11(10)14/h3-5,15-16H,6-8H2,1-2H3,(H,17,18). The lowest BCUT2D eigenvalue weighted by atomic mass is 9.95. The van der Waals surface area contributed by atoms with Gasteiger partial charge in [-0.05, 0) is 17.7 Å². The summed E-state index contributed by atoms with van der Waals surface area (Å²) < 4.78 is 0.775. The van der Waals surface area contributed by atoms with Crippen LogP contribution in [0.25, 0.3) is 0 Å². The van der Waals surface area contributed by atoms with E-state index in [9.17, 15) is 4.79 Å². The number of aliphatic hydroxyl groups is 1. The Kier molecular flexibility index (Phi) is 5.31. The minimum Gasteiger partial charge on any atom is -0.478 e. The van der Waals surface area contributed by atoms with Gasteiger partial charge in [0, 0.05) is 29.6 Å². The van der Waals surface area contributed by atoms with Gasteiger partial charge in [-0.2, -0.15) is 0 Å². The number of hydrogen-bond donors (Lipinski definition) is 3. The Morgan fingerprint density at radius 3 is 2.61 bits per heavy atom. The highest BCUT2D eigenvalue weighted by Gasteiger charge is 2.15. The second-order valence-corrected chi connectivity index (χ2v) is 5.89. The molecule has 0 heterocycles. The predicted molar refractivity (Wildman–Crippen MR) is 73.7 cm³/mol. The molecule has 18 heavy (non-hydrogen) atoms. The van der Waals surface area contributed by atoms with Crippen LogP contribution >= 0.6 is 15.9 Å². The summed E-state index contributed by atoms with van der Waals surface area (Å²) in [5, 5.41) is 21.2. The third-order valence-electron chi connectivity index (χ3n) is 2.65. The van der Waals surface area contributed by atoms with Crippen LogP contribution in [-0.4, -0.2) is 29.3 Å². The normalized spacial score (nSPS) is 11.6. The zero-order valence-corrected chi connectivity index (χ0v) is 12.1. The number of halogens is 1. The Bertz CT molecular complexity index is 432. The van der Waals surface area contributed by atoms with E-state index in [1.165, 1.54) is 0 Å². The second-order valence-electron chi connectivity index (χ2n) is 5.04. The second kappa shape index (κ2) is 6.31. The molecule has 0 aromatic heterocycles.